The maximum Gasteiger partial charge on any atom is 0.0723 e. The van der Waals surface area contributed by atoms with Gasteiger partial charge in [-0.25, -0.2) is 0 Å². The summed E-state index contributed by atoms with van der Waals surface area (Å²) in [5.74, 6) is 0. The van der Waals surface area contributed by atoms with Gasteiger partial charge in [-0.15, -0.1) is 0 Å². The van der Waals surface area contributed by atoms with Crippen LogP contribution in [-0.2, 0) is 0 Å². The molecule has 0 saturated carbocycles. The SMILES string of the molecule is CC.Cc1cc(-c2ccccc2)ccc1C1C=CC=CN1C. The van der Waals surface area contributed by atoms with Gasteiger partial charge in [-0.3, -0.25) is 0 Å². The van der Waals surface area contributed by atoms with Gasteiger partial charge in [-0.1, -0.05) is 74.5 Å². The first-order valence-corrected chi connectivity index (χ1v) is 7.98. The molecule has 0 bridgehead atoms. The average molecular weight is 291 g/mol. The molecule has 1 aliphatic heterocycles. The highest BCUT2D eigenvalue weighted by atomic mass is 15.1. The molecule has 0 aromatic heterocycles. The Balaban J connectivity index is 0.000000847. The second kappa shape index (κ2) is 7.65. The van der Waals surface area contributed by atoms with Crippen LogP contribution in [0.2, 0.25) is 0 Å². The molecule has 0 radical (unpaired) electrons. The topological polar surface area (TPSA) is 3.24 Å². The molecule has 2 aromatic carbocycles. The fourth-order valence-corrected chi connectivity index (χ4v) is 2.72. The van der Waals surface area contributed by atoms with Crippen molar-refractivity contribution in [2.24, 2.45) is 0 Å². The summed E-state index contributed by atoms with van der Waals surface area (Å²) >= 11 is 0. The molecule has 3 rings (SSSR count). The number of allylic oxidation sites excluding steroid dienone is 2. The number of aryl methyl sites for hydroxylation is 1. The first kappa shape index (κ1) is 16.1. The van der Waals surface area contributed by atoms with Crippen LogP contribution < -0.4 is 0 Å². The summed E-state index contributed by atoms with van der Waals surface area (Å²) in [6.07, 6.45) is 8.55. The normalized spacial score (nSPS) is 16.2. The van der Waals surface area contributed by atoms with E-state index < -0.39 is 0 Å². The minimum Gasteiger partial charge on any atom is -0.370 e. The van der Waals surface area contributed by atoms with Crippen LogP contribution in [-0.4, -0.2) is 11.9 Å². The summed E-state index contributed by atoms with van der Waals surface area (Å²) in [6, 6.07) is 17.6. The molecule has 22 heavy (non-hydrogen) atoms. The fraction of sp³-hybridized carbons (Fsp3) is 0.238. The molecular weight excluding hydrogens is 266 g/mol. The van der Waals surface area contributed by atoms with Crippen LogP contribution in [0.15, 0.2) is 73.0 Å². The number of rotatable bonds is 2. The lowest BCUT2D eigenvalue weighted by atomic mass is 9.94. The fourth-order valence-electron chi connectivity index (χ4n) is 2.72. The third-order valence-corrected chi connectivity index (χ3v) is 3.86. The van der Waals surface area contributed by atoms with Crippen molar-refractivity contribution in [2.75, 3.05) is 7.05 Å². The lowest BCUT2D eigenvalue weighted by Gasteiger charge is -2.28. The van der Waals surface area contributed by atoms with Crippen molar-refractivity contribution < 1.29 is 0 Å². The second-order valence-electron chi connectivity index (χ2n) is 5.27. The number of benzene rings is 2. The number of hydrogen-bond acceptors (Lipinski definition) is 1. The molecule has 0 spiro atoms. The van der Waals surface area contributed by atoms with Gasteiger partial charge < -0.3 is 4.90 Å². The third kappa shape index (κ3) is 3.48. The Labute approximate surface area is 134 Å². The van der Waals surface area contributed by atoms with E-state index in [9.17, 15) is 0 Å². The summed E-state index contributed by atoms with van der Waals surface area (Å²) < 4.78 is 0. The van der Waals surface area contributed by atoms with Crippen LogP contribution in [0, 0.1) is 6.92 Å². The van der Waals surface area contributed by atoms with Crippen molar-refractivity contribution in [2.45, 2.75) is 26.8 Å². The molecular formula is C21H25N. The van der Waals surface area contributed by atoms with Gasteiger partial charge in [0.1, 0.15) is 0 Å². The Bertz CT molecular complexity index is 653. The molecule has 1 unspecified atom stereocenters. The van der Waals surface area contributed by atoms with E-state index in [-0.39, 0.29) is 0 Å². The molecule has 1 nitrogen and oxygen atoms in total. The van der Waals surface area contributed by atoms with Gasteiger partial charge in [0.2, 0.25) is 0 Å². The first-order valence-electron chi connectivity index (χ1n) is 7.98. The van der Waals surface area contributed by atoms with Crippen molar-refractivity contribution >= 4 is 0 Å². The average Bonchev–Trinajstić information content (AvgIpc) is 2.58. The predicted octanol–water partition coefficient (Wildman–Crippen LogP) is 5.74. The smallest absolute Gasteiger partial charge is 0.0723 e. The van der Waals surface area contributed by atoms with Gasteiger partial charge in [0, 0.05) is 7.05 Å². The van der Waals surface area contributed by atoms with Gasteiger partial charge in [0.25, 0.3) is 0 Å². The molecule has 0 fully saturated rings. The van der Waals surface area contributed by atoms with E-state index in [0.29, 0.717) is 6.04 Å². The summed E-state index contributed by atoms with van der Waals surface area (Å²) in [6.45, 7) is 6.20. The van der Waals surface area contributed by atoms with Gasteiger partial charge in [0.15, 0.2) is 0 Å². The zero-order chi connectivity index (χ0) is 15.9. The van der Waals surface area contributed by atoms with Crippen LogP contribution in [0.4, 0.5) is 0 Å². The molecule has 0 saturated heterocycles. The van der Waals surface area contributed by atoms with Crippen LogP contribution in [0.1, 0.15) is 31.0 Å². The molecule has 1 atom stereocenters. The number of likely N-dealkylation sites (N-methyl/N-ethyl adjacent to an activating group) is 1. The molecule has 1 heteroatoms. The molecule has 0 aliphatic carbocycles. The first-order chi connectivity index (χ1) is 10.8. The molecule has 1 heterocycles. The van der Waals surface area contributed by atoms with Gasteiger partial charge in [0.05, 0.1) is 6.04 Å². The summed E-state index contributed by atoms with van der Waals surface area (Å²) in [7, 11) is 2.12. The lowest BCUT2D eigenvalue weighted by Crippen LogP contribution is -2.19. The Morgan fingerprint density at radius 1 is 0.864 bits per heavy atom. The van der Waals surface area contributed by atoms with Crippen molar-refractivity contribution in [3.05, 3.63) is 84.1 Å². The summed E-state index contributed by atoms with van der Waals surface area (Å²) in [4.78, 5) is 2.24. The van der Waals surface area contributed by atoms with E-state index >= 15 is 0 Å². The van der Waals surface area contributed by atoms with Crippen molar-refractivity contribution in [3.63, 3.8) is 0 Å². The zero-order valence-corrected chi connectivity index (χ0v) is 14.0. The zero-order valence-electron chi connectivity index (χ0n) is 14.0. The minimum absolute atomic E-state index is 0.338. The minimum atomic E-state index is 0.338. The Kier molecular flexibility index (Phi) is 5.60. The Hall–Kier alpha value is -2.28. The molecule has 1 aliphatic rings. The van der Waals surface area contributed by atoms with E-state index in [2.05, 4.69) is 91.8 Å². The predicted molar refractivity (Wildman–Crippen MR) is 96.7 cm³/mol. The van der Waals surface area contributed by atoms with E-state index in [4.69, 9.17) is 0 Å². The summed E-state index contributed by atoms with van der Waals surface area (Å²) in [5, 5.41) is 0. The van der Waals surface area contributed by atoms with Crippen LogP contribution in [0.3, 0.4) is 0 Å². The number of hydrogen-bond donors (Lipinski definition) is 0. The van der Waals surface area contributed by atoms with E-state index in [1.165, 1.54) is 22.3 Å². The van der Waals surface area contributed by atoms with E-state index in [1.54, 1.807) is 0 Å². The molecule has 0 N–H and O–H groups in total. The highest BCUT2D eigenvalue weighted by Crippen LogP contribution is 2.30. The largest absolute Gasteiger partial charge is 0.370 e. The van der Waals surface area contributed by atoms with Gasteiger partial charge >= 0.3 is 0 Å². The maximum absolute atomic E-state index is 2.28. The molecule has 0 amide bonds. The number of nitrogens with zero attached hydrogens (tertiary/aromatic N) is 1. The monoisotopic (exact) mass is 291 g/mol. The quantitative estimate of drug-likeness (QED) is 0.681. The molecule has 2 aromatic rings. The second-order valence-corrected chi connectivity index (χ2v) is 5.27. The Morgan fingerprint density at radius 2 is 1.59 bits per heavy atom. The van der Waals surface area contributed by atoms with Gasteiger partial charge in [-0.05, 0) is 41.5 Å². The molecule has 114 valence electrons. The van der Waals surface area contributed by atoms with Gasteiger partial charge in [-0.2, -0.15) is 0 Å². The maximum atomic E-state index is 2.28. The third-order valence-electron chi connectivity index (χ3n) is 3.86. The highest BCUT2D eigenvalue weighted by Gasteiger charge is 2.15. The Morgan fingerprint density at radius 3 is 2.23 bits per heavy atom. The highest BCUT2D eigenvalue weighted by molar-refractivity contribution is 5.65. The van der Waals surface area contributed by atoms with Crippen molar-refractivity contribution in [3.8, 4) is 11.1 Å². The van der Waals surface area contributed by atoms with E-state index in [0.717, 1.165) is 0 Å². The lowest BCUT2D eigenvalue weighted by molar-refractivity contribution is 0.388. The van der Waals surface area contributed by atoms with Crippen molar-refractivity contribution in [1.82, 2.24) is 4.90 Å². The van der Waals surface area contributed by atoms with Crippen LogP contribution >= 0.6 is 0 Å². The van der Waals surface area contributed by atoms with E-state index in [1.807, 2.05) is 13.8 Å². The van der Waals surface area contributed by atoms with Crippen LogP contribution in [0.5, 0.6) is 0 Å². The standard InChI is InChI=1S/C19H19N.C2H6/c1-15-14-17(16-8-4-3-5-9-16)11-12-18(15)19-10-6-7-13-20(19)2;1-2/h3-14,19H,1-2H3;1-2H3. The van der Waals surface area contributed by atoms with Crippen molar-refractivity contribution in [1.29, 1.82) is 0 Å². The van der Waals surface area contributed by atoms with Crippen LogP contribution in [0.25, 0.3) is 11.1 Å². The summed E-state index contributed by atoms with van der Waals surface area (Å²) in [5.41, 5.74) is 5.26.